The number of anilines is 1. The van der Waals surface area contributed by atoms with Gasteiger partial charge in [0.2, 0.25) is 5.71 Å². The van der Waals surface area contributed by atoms with Gasteiger partial charge in [-0.15, -0.1) is 0 Å². The van der Waals surface area contributed by atoms with Gasteiger partial charge in [0.1, 0.15) is 5.58 Å². The first-order valence-electron chi connectivity index (χ1n) is 7.96. The van der Waals surface area contributed by atoms with Crippen LogP contribution in [0.5, 0.6) is 0 Å². The van der Waals surface area contributed by atoms with E-state index in [1.807, 2.05) is 0 Å². The van der Waals surface area contributed by atoms with E-state index in [0.29, 0.717) is 34.3 Å². The van der Waals surface area contributed by atoms with Gasteiger partial charge in [-0.2, -0.15) is 0 Å². The molecular formula is C18H12N4O5. The van der Waals surface area contributed by atoms with Crippen molar-refractivity contribution in [1.82, 2.24) is 4.98 Å². The fraction of sp³-hybridized carbons (Fsp3) is 0.0556. The molecule has 0 aliphatic rings. The maximum absolute atomic E-state index is 11.1. The summed E-state index contributed by atoms with van der Waals surface area (Å²) in [6.07, 6.45) is 1.56. The van der Waals surface area contributed by atoms with E-state index >= 15 is 0 Å². The molecule has 0 atom stereocenters. The van der Waals surface area contributed by atoms with Crippen LogP contribution in [0.25, 0.3) is 22.1 Å². The Bertz CT molecular complexity index is 1200. The number of furan rings is 1. The van der Waals surface area contributed by atoms with Crippen molar-refractivity contribution in [3.8, 4) is 0 Å². The lowest BCUT2D eigenvalue weighted by Gasteiger charge is -2.07. The number of hydrogen-bond acceptors (Lipinski definition) is 7. The van der Waals surface area contributed by atoms with Gasteiger partial charge in [-0.05, 0) is 17.7 Å². The van der Waals surface area contributed by atoms with Crippen LogP contribution < -0.4 is 5.32 Å². The third kappa shape index (κ3) is 3.01. The Morgan fingerprint density at radius 1 is 1.00 bits per heavy atom. The molecule has 0 radical (unpaired) electrons. The third-order valence-electron chi connectivity index (χ3n) is 4.17. The molecule has 2 heterocycles. The number of fused-ring (bicyclic) bond motifs is 3. The van der Waals surface area contributed by atoms with E-state index in [9.17, 15) is 20.2 Å². The largest absolute Gasteiger partial charge is 0.438 e. The molecule has 0 aliphatic heterocycles. The second-order valence-corrected chi connectivity index (χ2v) is 5.86. The molecule has 0 spiro atoms. The number of nitro groups is 2. The maximum atomic E-state index is 11.1. The van der Waals surface area contributed by atoms with Gasteiger partial charge in [0, 0.05) is 48.1 Å². The molecule has 0 bridgehead atoms. The topological polar surface area (TPSA) is 124 Å². The van der Waals surface area contributed by atoms with Crippen molar-refractivity contribution >= 4 is 39.1 Å². The molecule has 134 valence electrons. The lowest BCUT2D eigenvalue weighted by atomic mass is 10.1. The Morgan fingerprint density at radius 2 is 1.78 bits per heavy atom. The highest BCUT2D eigenvalue weighted by molar-refractivity contribution is 6.10. The van der Waals surface area contributed by atoms with E-state index in [-0.39, 0.29) is 11.4 Å². The van der Waals surface area contributed by atoms with Gasteiger partial charge in [-0.1, -0.05) is 12.1 Å². The van der Waals surface area contributed by atoms with Crippen LogP contribution in [0.3, 0.4) is 0 Å². The number of nitro benzene ring substituents is 2. The average Bonchev–Trinajstić information content (AvgIpc) is 3.04. The van der Waals surface area contributed by atoms with Crippen LogP contribution in [0.2, 0.25) is 0 Å². The molecule has 0 fully saturated rings. The lowest BCUT2D eigenvalue weighted by molar-refractivity contribution is -0.385. The summed E-state index contributed by atoms with van der Waals surface area (Å²) < 4.78 is 5.67. The fourth-order valence-corrected chi connectivity index (χ4v) is 2.92. The number of aromatic nitrogens is 1. The number of non-ortho nitro benzene ring substituents is 2. The standard InChI is InChI=1S/C18H12N4O5/c23-21(24)12-3-1-2-11(8-12)10-20-15-6-7-19-18-17(15)14-9-13(22(25)26)4-5-16(14)27-18/h1-9H,10H2,(H,19,20). The van der Waals surface area contributed by atoms with Crippen LogP contribution in [0.1, 0.15) is 5.56 Å². The molecule has 0 saturated carbocycles. The molecule has 27 heavy (non-hydrogen) atoms. The highest BCUT2D eigenvalue weighted by atomic mass is 16.6. The minimum absolute atomic E-state index is 0.0126. The number of nitrogens with zero attached hydrogens (tertiary/aromatic N) is 3. The van der Waals surface area contributed by atoms with Crippen molar-refractivity contribution in [2.75, 3.05) is 5.32 Å². The molecule has 0 aliphatic carbocycles. The van der Waals surface area contributed by atoms with Gasteiger partial charge in [-0.3, -0.25) is 20.2 Å². The first-order valence-corrected chi connectivity index (χ1v) is 7.96. The Labute approximate surface area is 151 Å². The molecule has 9 nitrogen and oxygen atoms in total. The SMILES string of the molecule is O=[N+]([O-])c1cccc(CNc2ccnc3oc4ccc([N+](=O)[O-])cc4c23)c1. The summed E-state index contributed by atoms with van der Waals surface area (Å²) >= 11 is 0. The number of hydrogen-bond donors (Lipinski definition) is 1. The summed E-state index contributed by atoms with van der Waals surface area (Å²) in [5.74, 6) is 0. The molecule has 9 heteroatoms. The quantitative estimate of drug-likeness (QED) is 0.411. The second kappa shape index (κ2) is 6.37. The van der Waals surface area contributed by atoms with Crippen molar-refractivity contribution in [1.29, 1.82) is 0 Å². The Hall–Kier alpha value is -4.01. The van der Waals surface area contributed by atoms with Crippen LogP contribution >= 0.6 is 0 Å². The molecular weight excluding hydrogens is 352 g/mol. The Morgan fingerprint density at radius 3 is 2.56 bits per heavy atom. The summed E-state index contributed by atoms with van der Waals surface area (Å²) in [7, 11) is 0. The maximum Gasteiger partial charge on any atom is 0.270 e. The zero-order valence-corrected chi connectivity index (χ0v) is 13.8. The normalized spacial score (nSPS) is 11.0. The fourth-order valence-electron chi connectivity index (χ4n) is 2.92. The van der Waals surface area contributed by atoms with Gasteiger partial charge >= 0.3 is 0 Å². The lowest BCUT2D eigenvalue weighted by Crippen LogP contribution is -2.00. The minimum Gasteiger partial charge on any atom is -0.438 e. The van der Waals surface area contributed by atoms with Crippen molar-refractivity contribution in [3.05, 3.63) is 80.5 Å². The zero-order valence-electron chi connectivity index (χ0n) is 13.8. The van der Waals surface area contributed by atoms with Gasteiger partial charge in [0.25, 0.3) is 11.4 Å². The zero-order chi connectivity index (χ0) is 19.0. The molecule has 2 aromatic heterocycles. The number of benzene rings is 2. The highest BCUT2D eigenvalue weighted by Crippen LogP contribution is 2.35. The van der Waals surface area contributed by atoms with Crippen LogP contribution in [0.15, 0.2) is 59.1 Å². The number of nitrogens with one attached hydrogen (secondary N) is 1. The van der Waals surface area contributed by atoms with Crippen molar-refractivity contribution in [2.24, 2.45) is 0 Å². The predicted octanol–water partition coefficient (Wildman–Crippen LogP) is 4.41. The first kappa shape index (κ1) is 16.5. The molecule has 0 saturated heterocycles. The molecule has 0 amide bonds. The van der Waals surface area contributed by atoms with Crippen LogP contribution in [-0.4, -0.2) is 14.8 Å². The smallest absolute Gasteiger partial charge is 0.270 e. The molecule has 0 unspecified atom stereocenters. The Kier molecular flexibility index (Phi) is 3.88. The van der Waals surface area contributed by atoms with E-state index in [1.54, 1.807) is 30.5 Å². The average molecular weight is 364 g/mol. The Balaban J connectivity index is 1.74. The van der Waals surface area contributed by atoms with Crippen molar-refractivity contribution < 1.29 is 14.3 Å². The molecule has 4 rings (SSSR count). The summed E-state index contributed by atoms with van der Waals surface area (Å²) in [6.45, 7) is 0.336. The monoisotopic (exact) mass is 364 g/mol. The first-order chi connectivity index (χ1) is 13.0. The van der Waals surface area contributed by atoms with Crippen LogP contribution in [0.4, 0.5) is 17.1 Å². The van der Waals surface area contributed by atoms with Crippen molar-refractivity contribution in [3.63, 3.8) is 0 Å². The van der Waals surface area contributed by atoms with Gasteiger partial charge < -0.3 is 9.73 Å². The van der Waals surface area contributed by atoms with Crippen LogP contribution in [0, 0.1) is 20.2 Å². The summed E-state index contributed by atoms with van der Waals surface area (Å²) in [6, 6.07) is 12.4. The number of rotatable bonds is 5. The molecule has 2 aromatic carbocycles. The van der Waals surface area contributed by atoms with Crippen LogP contribution in [-0.2, 0) is 6.54 Å². The number of pyridine rings is 1. The minimum atomic E-state index is -0.467. The van der Waals surface area contributed by atoms with E-state index < -0.39 is 9.85 Å². The van der Waals surface area contributed by atoms with E-state index in [2.05, 4.69) is 10.3 Å². The predicted molar refractivity (Wildman–Crippen MR) is 98.6 cm³/mol. The molecule has 1 N–H and O–H groups in total. The van der Waals surface area contributed by atoms with E-state index in [0.717, 1.165) is 5.56 Å². The summed E-state index contributed by atoms with van der Waals surface area (Å²) in [5, 5.41) is 26.4. The van der Waals surface area contributed by atoms with Gasteiger partial charge in [-0.25, -0.2) is 4.98 Å². The van der Waals surface area contributed by atoms with Crippen molar-refractivity contribution in [2.45, 2.75) is 6.54 Å². The highest BCUT2D eigenvalue weighted by Gasteiger charge is 2.16. The summed E-state index contributed by atoms with van der Waals surface area (Å²) in [4.78, 5) is 25.2. The van der Waals surface area contributed by atoms with E-state index in [4.69, 9.17) is 4.42 Å². The van der Waals surface area contributed by atoms with E-state index in [1.165, 1.54) is 24.3 Å². The van der Waals surface area contributed by atoms with Gasteiger partial charge in [0.15, 0.2) is 0 Å². The molecule has 4 aromatic rings. The third-order valence-corrected chi connectivity index (χ3v) is 4.17. The second-order valence-electron chi connectivity index (χ2n) is 5.86. The summed E-state index contributed by atoms with van der Waals surface area (Å²) in [5.41, 5.74) is 2.22. The van der Waals surface area contributed by atoms with Gasteiger partial charge in [0.05, 0.1) is 15.2 Å².